The van der Waals surface area contributed by atoms with Gasteiger partial charge in [0.25, 0.3) is 0 Å². The highest BCUT2D eigenvalue weighted by Gasteiger charge is 2.15. The van der Waals surface area contributed by atoms with Crippen LogP contribution in [0.25, 0.3) is 0 Å². The van der Waals surface area contributed by atoms with Gasteiger partial charge in [0.2, 0.25) is 5.76 Å². The van der Waals surface area contributed by atoms with Crippen LogP contribution in [0.15, 0.2) is 35.1 Å². The lowest BCUT2D eigenvalue weighted by Crippen LogP contribution is -2.10. The van der Waals surface area contributed by atoms with Crippen molar-refractivity contribution in [2.24, 2.45) is 0 Å². The number of aliphatic carboxylic acids is 1. The number of carbonyl (C=O) groups is 2. The molecule has 0 unspecified atom stereocenters. The summed E-state index contributed by atoms with van der Waals surface area (Å²) in [5, 5.41) is 8.28. The van der Waals surface area contributed by atoms with Gasteiger partial charge in [-0.15, -0.1) is 0 Å². The zero-order valence-electron chi connectivity index (χ0n) is 8.84. The largest absolute Gasteiger partial charge is 0.497 e. The molecule has 0 aliphatic rings. The maximum Gasteiger partial charge on any atom is 0.373 e. The Hall–Kier alpha value is -2.01. The van der Waals surface area contributed by atoms with Crippen molar-refractivity contribution in [2.45, 2.75) is 0 Å². The van der Waals surface area contributed by atoms with Crippen LogP contribution in [0.2, 0.25) is 0 Å². The first-order valence-electron chi connectivity index (χ1n) is 4.48. The smallest absolute Gasteiger partial charge is 0.373 e. The second kappa shape index (κ2) is 5.91. The fourth-order valence-electron chi connectivity index (χ4n) is 1.01. The van der Waals surface area contributed by atoms with Gasteiger partial charge in [0, 0.05) is 0 Å². The van der Waals surface area contributed by atoms with Crippen LogP contribution in [-0.4, -0.2) is 24.5 Å². The Bertz CT molecular complexity index is 449. The fourth-order valence-corrected chi connectivity index (χ4v) is 1.13. The third-order valence-corrected chi connectivity index (χ3v) is 2.05. The number of carboxylic acids is 1. The molecule has 0 spiro atoms. The van der Waals surface area contributed by atoms with Crippen molar-refractivity contribution in [2.75, 3.05) is 7.11 Å². The van der Waals surface area contributed by atoms with Crippen molar-refractivity contribution in [3.63, 3.8) is 0 Å². The summed E-state index contributed by atoms with van der Waals surface area (Å²) in [6.07, 6.45) is 0.203. The highest BCUT2D eigenvalue weighted by atomic mass is 35.5. The highest BCUT2D eigenvalue weighted by molar-refractivity contribution is 6.40. The van der Waals surface area contributed by atoms with Crippen LogP contribution in [0.3, 0.4) is 0 Å². The number of halogens is 1. The van der Waals surface area contributed by atoms with Gasteiger partial charge in [-0.25, -0.2) is 4.79 Å². The summed E-state index contributed by atoms with van der Waals surface area (Å²) in [6, 6.07) is 6.17. The molecule has 0 saturated carbocycles. The molecule has 0 radical (unpaired) electrons. The van der Waals surface area contributed by atoms with Gasteiger partial charge in [-0.2, -0.15) is 0 Å². The van der Waals surface area contributed by atoms with E-state index in [-0.39, 0.29) is 12.0 Å². The summed E-state index contributed by atoms with van der Waals surface area (Å²) in [5.41, 5.74) is 0. The number of benzene rings is 1. The molecule has 1 N–H and O–H groups in total. The van der Waals surface area contributed by atoms with Gasteiger partial charge in [0.15, 0.2) is 6.29 Å². The average Bonchev–Trinajstić information content (AvgIpc) is 2.35. The van der Waals surface area contributed by atoms with Crippen molar-refractivity contribution in [3.05, 3.63) is 35.1 Å². The molecule has 0 aromatic heterocycles. The second-order valence-corrected chi connectivity index (χ2v) is 3.28. The molecule has 6 heteroatoms. The van der Waals surface area contributed by atoms with Crippen molar-refractivity contribution in [1.82, 2.24) is 0 Å². The minimum absolute atomic E-state index is 0.203. The Morgan fingerprint density at radius 3 is 2.24 bits per heavy atom. The van der Waals surface area contributed by atoms with Gasteiger partial charge < -0.3 is 14.6 Å². The van der Waals surface area contributed by atoms with Gasteiger partial charge in [-0.3, -0.25) is 4.79 Å². The lowest BCUT2D eigenvalue weighted by molar-refractivity contribution is -0.135. The van der Waals surface area contributed by atoms with Crippen LogP contribution in [0.5, 0.6) is 11.5 Å². The summed E-state index contributed by atoms with van der Waals surface area (Å²) in [5.74, 6) is -1.20. The summed E-state index contributed by atoms with van der Waals surface area (Å²) < 4.78 is 9.91. The topological polar surface area (TPSA) is 72.8 Å². The van der Waals surface area contributed by atoms with E-state index in [4.69, 9.17) is 26.2 Å². The molecular formula is C11H9ClO5. The van der Waals surface area contributed by atoms with E-state index in [0.717, 1.165) is 0 Å². The van der Waals surface area contributed by atoms with E-state index in [9.17, 15) is 9.59 Å². The number of allylic oxidation sites excluding steroid dienone is 1. The highest BCUT2D eigenvalue weighted by Crippen LogP contribution is 2.20. The third-order valence-electron chi connectivity index (χ3n) is 1.79. The molecular weight excluding hydrogens is 248 g/mol. The van der Waals surface area contributed by atoms with Gasteiger partial charge >= 0.3 is 5.97 Å². The quantitative estimate of drug-likeness (QED) is 0.494. The summed E-state index contributed by atoms with van der Waals surface area (Å²) in [7, 11) is 1.50. The molecule has 0 heterocycles. The van der Waals surface area contributed by atoms with E-state index in [1.165, 1.54) is 19.2 Å². The molecule has 90 valence electrons. The molecule has 1 rings (SSSR count). The number of aldehydes is 1. The van der Waals surface area contributed by atoms with Crippen molar-refractivity contribution < 1.29 is 24.2 Å². The van der Waals surface area contributed by atoms with E-state index >= 15 is 0 Å². The first-order chi connectivity index (χ1) is 8.08. The lowest BCUT2D eigenvalue weighted by atomic mass is 10.3. The van der Waals surface area contributed by atoms with E-state index in [2.05, 4.69) is 0 Å². The molecule has 0 bridgehead atoms. The zero-order chi connectivity index (χ0) is 12.8. The third kappa shape index (κ3) is 3.49. The van der Waals surface area contributed by atoms with Crippen LogP contribution < -0.4 is 9.47 Å². The predicted octanol–water partition coefficient (Wildman–Crippen LogP) is 1.81. The number of carbonyl (C=O) groups excluding carboxylic acids is 1. The number of rotatable bonds is 5. The molecule has 0 aliphatic heterocycles. The van der Waals surface area contributed by atoms with Crippen LogP contribution in [-0.2, 0) is 9.59 Å². The van der Waals surface area contributed by atoms with E-state index in [1.807, 2.05) is 0 Å². The molecule has 0 fully saturated rings. The molecule has 0 aliphatic carbocycles. The van der Waals surface area contributed by atoms with Gasteiger partial charge in [0.1, 0.15) is 16.5 Å². The molecule has 1 aromatic carbocycles. The van der Waals surface area contributed by atoms with E-state index in [1.54, 1.807) is 12.1 Å². The minimum Gasteiger partial charge on any atom is -0.497 e. The molecule has 1 aromatic rings. The van der Waals surface area contributed by atoms with E-state index < -0.39 is 16.8 Å². The Balaban J connectivity index is 2.94. The van der Waals surface area contributed by atoms with E-state index in [0.29, 0.717) is 5.75 Å². The Morgan fingerprint density at radius 2 is 1.82 bits per heavy atom. The van der Waals surface area contributed by atoms with Gasteiger partial charge in [0.05, 0.1) is 7.11 Å². The first-order valence-corrected chi connectivity index (χ1v) is 4.86. The molecule has 0 saturated heterocycles. The molecule has 0 amide bonds. The second-order valence-electron chi connectivity index (χ2n) is 2.88. The maximum atomic E-state index is 10.8. The number of hydrogen-bond donors (Lipinski definition) is 1. The summed E-state index contributed by atoms with van der Waals surface area (Å²) >= 11 is 5.42. The average molecular weight is 257 g/mol. The molecule has 5 nitrogen and oxygen atoms in total. The Kier molecular flexibility index (Phi) is 4.54. The summed E-state index contributed by atoms with van der Waals surface area (Å²) in [6.45, 7) is 0. The Morgan fingerprint density at radius 1 is 1.29 bits per heavy atom. The van der Waals surface area contributed by atoms with Crippen molar-refractivity contribution in [3.8, 4) is 11.5 Å². The minimum atomic E-state index is -1.42. The van der Waals surface area contributed by atoms with Crippen LogP contribution in [0.1, 0.15) is 0 Å². The predicted molar refractivity (Wildman–Crippen MR) is 60.2 cm³/mol. The standard InChI is InChI=1S/C11H9ClO5/c1-16-7-2-4-8(5-3-7)17-10(11(14)15)9(12)6-13/h2-6H,1H3,(H,14,15). The van der Waals surface area contributed by atoms with Crippen LogP contribution in [0.4, 0.5) is 0 Å². The van der Waals surface area contributed by atoms with Crippen molar-refractivity contribution in [1.29, 1.82) is 0 Å². The monoisotopic (exact) mass is 256 g/mol. The first kappa shape index (κ1) is 13.1. The zero-order valence-corrected chi connectivity index (χ0v) is 9.60. The molecule has 0 atom stereocenters. The van der Waals surface area contributed by atoms with Gasteiger partial charge in [-0.05, 0) is 24.3 Å². The number of carboxylic acid groups (broad SMARTS) is 1. The number of methoxy groups -OCH3 is 1. The SMILES string of the molecule is COc1ccc(OC(C(=O)O)=C(Cl)C=O)cc1. The van der Waals surface area contributed by atoms with Gasteiger partial charge in [-0.1, -0.05) is 11.6 Å². The summed E-state index contributed by atoms with van der Waals surface area (Å²) in [4.78, 5) is 21.2. The normalized spacial score (nSPS) is 11.4. The number of hydrogen-bond acceptors (Lipinski definition) is 4. The van der Waals surface area contributed by atoms with Crippen molar-refractivity contribution >= 4 is 23.9 Å². The van der Waals surface area contributed by atoms with Crippen LogP contribution >= 0.6 is 11.6 Å². The van der Waals surface area contributed by atoms with Crippen LogP contribution in [0, 0.1) is 0 Å². The fraction of sp³-hybridized carbons (Fsp3) is 0.0909. The lowest BCUT2D eigenvalue weighted by Gasteiger charge is -2.07. The molecule has 17 heavy (non-hydrogen) atoms. The number of ether oxygens (including phenoxy) is 2. The maximum absolute atomic E-state index is 10.8. The Labute approximate surface area is 102 Å².